The van der Waals surface area contributed by atoms with Crippen molar-refractivity contribution in [2.75, 3.05) is 6.61 Å². The second kappa shape index (κ2) is 7.81. The molecule has 3 aromatic rings. The van der Waals surface area contributed by atoms with Crippen LogP contribution < -0.4 is 4.74 Å². The number of ether oxygens (including phenoxy) is 2. The van der Waals surface area contributed by atoms with E-state index >= 15 is 0 Å². The molecule has 0 saturated heterocycles. The number of hydrogen-bond donors (Lipinski definition) is 0. The predicted molar refractivity (Wildman–Crippen MR) is 101 cm³/mol. The fourth-order valence-corrected chi connectivity index (χ4v) is 3.88. The van der Waals surface area contributed by atoms with E-state index < -0.39 is 4.92 Å². The minimum atomic E-state index is -0.470. The van der Waals surface area contributed by atoms with E-state index in [2.05, 4.69) is 4.98 Å². The first kappa shape index (κ1) is 17.6. The molecule has 0 aliphatic carbocycles. The molecule has 1 unspecified atom stereocenters. The molecule has 0 saturated carbocycles. The minimum absolute atomic E-state index is 0.102. The number of hydrogen-bond acceptors (Lipinski definition) is 6. The number of para-hydroxylation sites is 1. The van der Waals surface area contributed by atoms with Gasteiger partial charge >= 0.3 is 5.82 Å². The Labute approximate surface area is 160 Å². The maximum Gasteiger partial charge on any atom is 0.382 e. The lowest BCUT2D eigenvalue weighted by atomic mass is 10.2. The standard InChI is InChI=1S/C19H17N3O4S/c23-22(24)18-11-21-10-17(27-19(21)20-18)13-25-12-14-6-8-16(9-7-14)26-15-4-2-1-3-5-15/h1-9,11,17H,10,12-13H2. The maximum absolute atomic E-state index is 10.7. The third-order valence-corrected chi connectivity index (χ3v) is 5.22. The molecule has 1 atom stereocenters. The van der Waals surface area contributed by atoms with Crippen LogP contribution in [0.1, 0.15) is 5.56 Å². The number of nitrogens with zero attached hydrogens (tertiary/aromatic N) is 3. The van der Waals surface area contributed by atoms with Gasteiger partial charge in [-0.15, -0.1) is 0 Å². The monoisotopic (exact) mass is 383 g/mol. The Kier molecular flexibility index (Phi) is 5.08. The zero-order chi connectivity index (χ0) is 18.6. The first-order chi connectivity index (χ1) is 13.2. The highest BCUT2D eigenvalue weighted by Gasteiger charge is 2.30. The van der Waals surface area contributed by atoms with Crippen molar-refractivity contribution >= 4 is 17.6 Å². The summed E-state index contributed by atoms with van der Waals surface area (Å²) >= 11 is 1.52. The Hall–Kier alpha value is -2.84. The molecule has 7 nitrogen and oxygen atoms in total. The van der Waals surface area contributed by atoms with Crippen LogP contribution in [0.4, 0.5) is 5.82 Å². The highest BCUT2D eigenvalue weighted by Crippen LogP contribution is 2.33. The molecule has 1 aliphatic heterocycles. The molecule has 0 spiro atoms. The van der Waals surface area contributed by atoms with E-state index in [0.29, 0.717) is 24.9 Å². The summed E-state index contributed by atoms with van der Waals surface area (Å²) in [6.07, 6.45) is 1.48. The Bertz CT molecular complexity index is 904. The van der Waals surface area contributed by atoms with Gasteiger partial charge in [-0.2, -0.15) is 0 Å². The average molecular weight is 383 g/mol. The van der Waals surface area contributed by atoms with Crippen molar-refractivity contribution in [1.82, 2.24) is 9.55 Å². The normalized spacial score (nSPS) is 15.5. The molecule has 0 amide bonds. The summed E-state index contributed by atoms with van der Waals surface area (Å²) in [5, 5.41) is 11.6. The van der Waals surface area contributed by atoms with Crippen molar-refractivity contribution in [3.63, 3.8) is 0 Å². The Balaban J connectivity index is 1.24. The van der Waals surface area contributed by atoms with Crippen LogP contribution in [0.2, 0.25) is 0 Å². The van der Waals surface area contributed by atoms with Gasteiger partial charge in [0.05, 0.1) is 18.5 Å². The molecule has 8 heteroatoms. The minimum Gasteiger partial charge on any atom is -0.457 e. The van der Waals surface area contributed by atoms with Gasteiger partial charge in [0.2, 0.25) is 0 Å². The van der Waals surface area contributed by atoms with Crippen molar-refractivity contribution in [2.45, 2.75) is 23.6 Å². The lowest BCUT2D eigenvalue weighted by Crippen LogP contribution is -2.13. The van der Waals surface area contributed by atoms with E-state index in [0.717, 1.165) is 17.1 Å². The van der Waals surface area contributed by atoms with Crippen molar-refractivity contribution < 1.29 is 14.4 Å². The summed E-state index contributed by atoms with van der Waals surface area (Å²) in [5.41, 5.74) is 1.06. The van der Waals surface area contributed by atoms with Crippen molar-refractivity contribution in [3.8, 4) is 11.5 Å². The highest BCUT2D eigenvalue weighted by molar-refractivity contribution is 8.00. The molecular weight excluding hydrogens is 366 g/mol. The molecule has 2 aromatic carbocycles. The van der Waals surface area contributed by atoms with E-state index in [1.165, 1.54) is 18.0 Å². The van der Waals surface area contributed by atoms with Crippen LogP contribution in [-0.2, 0) is 17.9 Å². The van der Waals surface area contributed by atoms with Gasteiger partial charge in [-0.05, 0) is 39.7 Å². The lowest BCUT2D eigenvalue weighted by Gasteiger charge is -2.10. The molecule has 1 aliphatic rings. The Morgan fingerprint density at radius 3 is 2.59 bits per heavy atom. The van der Waals surface area contributed by atoms with E-state index in [1.807, 2.05) is 59.2 Å². The summed E-state index contributed by atoms with van der Waals surface area (Å²) in [4.78, 5) is 14.3. The maximum atomic E-state index is 10.7. The average Bonchev–Trinajstić information content (AvgIpc) is 3.23. The second-order valence-corrected chi connectivity index (χ2v) is 7.37. The molecule has 0 bridgehead atoms. The summed E-state index contributed by atoms with van der Waals surface area (Å²) in [7, 11) is 0. The Morgan fingerprint density at radius 2 is 1.89 bits per heavy atom. The van der Waals surface area contributed by atoms with Crippen LogP contribution in [0.15, 0.2) is 66.0 Å². The zero-order valence-electron chi connectivity index (χ0n) is 14.4. The highest BCUT2D eigenvalue weighted by atomic mass is 32.2. The number of imidazole rings is 1. The van der Waals surface area contributed by atoms with E-state index in [4.69, 9.17) is 9.47 Å². The van der Waals surface area contributed by atoms with Gasteiger partial charge in [0, 0.05) is 6.54 Å². The van der Waals surface area contributed by atoms with E-state index in [1.54, 1.807) is 0 Å². The van der Waals surface area contributed by atoms with Crippen molar-refractivity contribution in [3.05, 3.63) is 76.5 Å². The summed E-state index contributed by atoms with van der Waals surface area (Å²) in [5.74, 6) is 1.48. The quantitative estimate of drug-likeness (QED) is 0.448. The topological polar surface area (TPSA) is 79.4 Å². The fraction of sp³-hybridized carbons (Fsp3) is 0.211. The molecule has 4 rings (SSSR count). The third kappa shape index (κ3) is 4.29. The van der Waals surface area contributed by atoms with Crippen LogP contribution >= 0.6 is 11.8 Å². The van der Waals surface area contributed by atoms with Crippen LogP contribution in [0.3, 0.4) is 0 Å². The van der Waals surface area contributed by atoms with E-state index in [9.17, 15) is 10.1 Å². The number of rotatable bonds is 7. The smallest absolute Gasteiger partial charge is 0.382 e. The molecule has 2 heterocycles. The van der Waals surface area contributed by atoms with Crippen molar-refractivity contribution in [1.29, 1.82) is 0 Å². The number of benzene rings is 2. The first-order valence-electron chi connectivity index (χ1n) is 8.45. The van der Waals surface area contributed by atoms with Crippen molar-refractivity contribution in [2.24, 2.45) is 0 Å². The molecule has 138 valence electrons. The van der Waals surface area contributed by atoms with Gasteiger partial charge in [0.1, 0.15) is 17.7 Å². The summed E-state index contributed by atoms with van der Waals surface area (Å²) < 4.78 is 13.4. The van der Waals surface area contributed by atoms with Gasteiger partial charge in [-0.25, -0.2) is 0 Å². The predicted octanol–water partition coefficient (Wildman–Crippen LogP) is 4.27. The molecule has 0 radical (unpaired) electrons. The largest absolute Gasteiger partial charge is 0.457 e. The van der Waals surface area contributed by atoms with Crippen LogP contribution in [0.5, 0.6) is 11.5 Å². The molecular formula is C19H17N3O4S. The molecule has 27 heavy (non-hydrogen) atoms. The zero-order valence-corrected chi connectivity index (χ0v) is 15.2. The van der Waals surface area contributed by atoms with E-state index in [-0.39, 0.29) is 11.1 Å². The van der Waals surface area contributed by atoms with Gasteiger partial charge in [0.15, 0.2) is 0 Å². The van der Waals surface area contributed by atoms with Gasteiger partial charge in [-0.3, -0.25) is 4.57 Å². The first-order valence-corrected chi connectivity index (χ1v) is 9.33. The molecule has 1 aromatic heterocycles. The number of thioether (sulfide) groups is 1. The lowest BCUT2D eigenvalue weighted by molar-refractivity contribution is -0.389. The Morgan fingerprint density at radius 1 is 1.15 bits per heavy atom. The fourth-order valence-electron chi connectivity index (χ4n) is 2.78. The second-order valence-electron chi connectivity index (χ2n) is 6.11. The third-order valence-electron chi connectivity index (χ3n) is 4.06. The van der Waals surface area contributed by atoms with Crippen LogP contribution in [0, 0.1) is 10.1 Å². The number of fused-ring (bicyclic) bond motifs is 1. The van der Waals surface area contributed by atoms with Crippen LogP contribution in [-0.4, -0.2) is 26.3 Å². The summed E-state index contributed by atoms with van der Waals surface area (Å²) in [6.45, 7) is 1.74. The summed E-state index contributed by atoms with van der Waals surface area (Å²) in [6, 6.07) is 17.4. The SMILES string of the molecule is O=[N+]([O-])c1cn2c(n1)SC(COCc1ccc(Oc3ccccc3)cc1)C2. The van der Waals surface area contributed by atoms with Gasteiger partial charge in [-0.1, -0.05) is 42.1 Å². The van der Waals surface area contributed by atoms with Gasteiger partial charge in [0.25, 0.3) is 5.16 Å². The number of nitro groups is 1. The van der Waals surface area contributed by atoms with Gasteiger partial charge < -0.3 is 19.6 Å². The molecule has 0 N–H and O–H groups in total. The number of aromatic nitrogens is 2. The molecule has 0 fully saturated rings. The van der Waals surface area contributed by atoms with Crippen LogP contribution in [0.25, 0.3) is 0 Å².